The molecule has 0 amide bonds. The van der Waals surface area contributed by atoms with Gasteiger partial charge >= 0.3 is 6.18 Å². The number of aromatic nitrogens is 2. The fourth-order valence-corrected chi connectivity index (χ4v) is 1.64. The highest BCUT2D eigenvalue weighted by molar-refractivity contribution is 5.33. The number of ether oxygens (including phenoxy) is 1. The molecular formula is C14H24F3N3O. The largest absolute Gasteiger partial charge is 0.434 e. The van der Waals surface area contributed by atoms with Gasteiger partial charge in [-0.05, 0) is 12.8 Å². The molecule has 0 radical (unpaired) electrons. The van der Waals surface area contributed by atoms with Crippen molar-refractivity contribution < 1.29 is 17.9 Å². The lowest BCUT2D eigenvalue weighted by Crippen LogP contribution is -2.30. The maximum absolute atomic E-state index is 12.4. The molecule has 1 aromatic heterocycles. The van der Waals surface area contributed by atoms with Gasteiger partial charge < -0.3 is 10.1 Å². The van der Waals surface area contributed by atoms with Crippen LogP contribution in [0.15, 0.2) is 12.4 Å². The third-order valence-corrected chi connectivity index (χ3v) is 2.44. The Balaban J connectivity index is 0.000000921. The van der Waals surface area contributed by atoms with Crippen molar-refractivity contribution in [1.29, 1.82) is 0 Å². The third-order valence-electron chi connectivity index (χ3n) is 2.44. The molecule has 1 aliphatic heterocycles. The van der Waals surface area contributed by atoms with Gasteiger partial charge in [-0.3, -0.25) is 4.98 Å². The second kappa shape index (κ2) is 10.4. The Morgan fingerprint density at radius 2 is 1.86 bits per heavy atom. The summed E-state index contributed by atoms with van der Waals surface area (Å²) in [5.74, 6) is 0.135. The first-order valence-electron chi connectivity index (χ1n) is 7.29. The molecule has 0 aliphatic carbocycles. The second-order valence-corrected chi connectivity index (χ2v) is 3.85. The number of hydrogen-bond donors (Lipinski definition) is 1. The molecule has 1 atom stereocenters. The molecule has 2 heterocycles. The minimum Gasteiger partial charge on any atom is -0.379 e. The highest BCUT2D eigenvalue weighted by atomic mass is 19.4. The zero-order valence-corrected chi connectivity index (χ0v) is 13.0. The molecule has 1 aliphatic rings. The van der Waals surface area contributed by atoms with Crippen molar-refractivity contribution >= 4 is 5.82 Å². The van der Waals surface area contributed by atoms with Crippen LogP contribution in [0, 0.1) is 0 Å². The maximum Gasteiger partial charge on any atom is 0.434 e. The van der Waals surface area contributed by atoms with Crippen LogP contribution >= 0.6 is 0 Å². The van der Waals surface area contributed by atoms with Crippen LogP contribution in [0.25, 0.3) is 0 Å². The fourth-order valence-electron chi connectivity index (χ4n) is 1.64. The van der Waals surface area contributed by atoms with Crippen molar-refractivity contribution in [2.75, 3.05) is 18.5 Å². The SMILES string of the molecule is CC.CC.FC(F)(F)c1cncc(NC2CCCOC2)n1. The first-order valence-corrected chi connectivity index (χ1v) is 7.29. The van der Waals surface area contributed by atoms with Crippen LogP contribution in [0.4, 0.5) is 19.0 Å². The van der Waals surface area contributed by atoms with E-state index in [4.69, 9.17) is 4.74 Å². The van der Waals surface area contributed by atoms with Gasteiger partial charge in [0.25, 0.3) is 0 Å². The lowest BCUT2D eigenvalue weighted by atomic mass is 10.1. The van der Waals surface area contributed by atoms with Gasteiger partial charge in [0.1, 0.15) is 5.82 Å². The monoisotopic (exact) mass is 307 g/mol. The Hall–Kier alpha value is -1.37. The molecule has 0 aromatic carbocycles. The highest BCUT2D eigenvalue weighted by Crippen LogP contribution is 2.27. The molecule has 7 heteroatoms. The van der Waals surface area contributed by atoms with Gasteiger partial charge in [-0.15, -0.1) is 0 Å². The maximum atomic E-state index is 12.4. The summed E-state index contributed by atoms with van der Waals surface area (Å²) < 4.78 is 42.4. The molecule has 122 valence electrons. The lowest BCUT2D eigenvalue weighted by molar-refractivity contribution is -0.141. The molecule has 1 N–H and O–H groups in total. The van der Waals surface area contributed by atoms with E-state index in [9.17, 15) is 13.2 Å². The van der Waals surface area contributed by atoms with Crippen molar-refractivity contribution in [3.63, 3.8) is 0 Å². The van der Waals surface area contributed by atoms with Crippen LogP contribution in [0.2, 0.25) is 0 Å². The molecule has 1 fully saturated rings. The summed E-state index contributed by atoms with van der Waals surface area (Å²) in [5, 5.41) is 2.89. The predicted octanol–water partition coefficient (Wildman–Crippen LogP) is 4.14. The van der Waals surface area contributed by atoms with Crippen LogP contribution in [0.3, 0.4) is 0 Å². The van der Waals surface area contributed by atoms with E-state index >= 15 is 0 Å². The smallest absolute Gasteiger partial charge is 0.379 e. The van der Waals surface area contributed by atoms with E-state index in [1.54, 1.807) is 0 Å². The van der Waals surface area contributed by atoms with Crippen LogP contribution < -0.4 is 5.32 Å². The van der Waals surface area contributed by atoms with Gasteiger partial charge in [0.15, 0.2) is 5.69 Å². The second-order valence-electron chi connectivity index (χ2n) is 3.85. The van der Waals surface area contributed by atoms with Crippen molar-refractivity contribution in [1.82, 2.24) is 9.97 Å². The number of hydrogen-bond acceptors (Lipinski definition) is 4. The van der Waals surface area contributed by atoms with Gasteiger partial charge in [0, 0.05) is 6.61 Å². The Morgan fingerprint density at radius 1 is 1.19 bits per heavy atom. The van der Waals surface area contributed by atoms with Crippen molar-refractivity contribution in [3.05, 3.63) is 18.1 Å². The standard InChI is InChI=1S/C10H12F3N3O.2C2H6/c11-10(12,13)8-4-14-5-9(16-8)15-7-2-1-3-17-6-7;2*1-2/h4-5,7H,1-3,6H2,(H,15,16);2*1-2H3. The molecule has 0 spiro atoms. The summed E-state index contributed by atoms with van der Waals surface area (Å²) in [4.78, 5) is 7.01. The first kappa shape index (κ1) is 19.6. The van der Waals surface area contributed by atoms with Crippen LogP contribution in [-0.2, 0) is 10.9 Å². The minimum atomic E-state index is -4.46. The summed E-state index contributed by atoms with van der Waals surface area (Å²) in [6.07, 6.45) is -0.720. The van der Waals surface area contributed by atoms with Crippen molar-refractivity contribution in [2.24, 2.45) is 0 Å². The number of nitrogens with one attached hydrogen (secondary N) is 1. The molecule has 4 nitrogen and oxygen atoms in total. The van der Waals surface area contributed by atoms with E-state index in [1.807, 2.05) is 27.7 Å². The van der Waals surface area contributed by atoms with Crippen LogP contribution in [0.5, 0.6) is 0 Å². The molecule has 2 rings (SSSR count). The zero-order valence-electron chi connectivity index (χ0n) is 13.0. The number of rotatable bonds is 2. The van der Waals surface area contributed by atoms with E-state index in [2.05, 4.69) is 15.3 Å². The molecule has 1 aromatic rings. The third kappa shape index (κ3) is 7.27. The molecule has 21 heavy (non-hydrogen) atoms. The van der Waals surface area contributed by atoms with E-state index in [0.29, 0.717) is 19.4 Å². The molecule has 1 saturated heterocycles. The number of anilines is 1. The topological polar surface area (TPSA) is 47.0 Å². The van der Waals surface area contributed by atoms with Crippen molar-refractivity contribution in [3.8, 4) is 0 Å². The summed E-state index contributed by atoms with van der Waals surface area (Å²) >= 11 is 0. The Kier molecular flexibility index (Phi) is 9.69. The van der Waals surface area contributed by atoms with E-state index in [-0.39, 0.29) is 11.9 Å². The Morgan fingerprint density at radius 3 is 2.38 bits per heavy atom. The average Bonchev–Trinajstić information content (AvgIpc) is 2.52. The summed E-state index contributed by atoms with van der Waals surface area (Å²) in [6, 6.07) is 0.00142. The number of halogens is 3. The summed E-state index contributed by atoms with van der Waals surface area (Å²) in [5.41, 5.74) is -0.987. The fraction of sp³-hybridized carbons (Fsp3) is 0.714. The highest BCUT2D eigenvalue weighted by Gasteiger charge is 2.33. The van der Waals surface area contributed by atoms with E-state index in [0.717, 1.165) is 12.8 Å². The van der Waals surface area contributed by atoms with Gasteiger partial charge in [-0.2, -0.15) is 13.2 Å². The quantitative estimate of drug-likeness (QED) is 0.892. The van der Waals surface area contributed by atoms with Gasteiger partial charge in [0.05, 0.1) is 25.0 Å². The van der Waals surface area contributed by atoms with Gasteiger partial charge in [-0.25, -0.2) is 4.98 Å². The Bertz CT molecular complexity index is 380. The molecular weight excluding hydrogens is 283 g/mol. The van der Waals surface area contributed by atoms with Crippen molar-refractivity contribution in [2.45, 2.75) is 52.8 Å². The normalized spacial score (nSPS) is 17.8. The zero-order chi connectivity index (χ0) is 16.3. The summed E-state index contributed by atoms with van der Waals surface area (Å²) in [7, 11) is 0. The Labute approximate surface area is 124 Å². The predicted molar refractivity (Wildman–Crippen MR) is 77.2 cm³/mol. The molecule has 0 bridgehead atoms. The van der Waals surface area contributed by atoms with Crippen LogP contribution in [-0.4, -0.2) is 29.2 Å². The summed E-state index contributed by atoms with van der Waals surface area (Å²) in [6.45, 7) is 9.18. The molecule has 0 saturated carbocycles. The van der Waals surface area contributed by atoms with Gasteiger partial charge in [0.2, 0.25) is 0 Å². The minimum absolute atomic E-state index is 0.00142. The first-order chi connectivity index (χ1) is 10.1. The lowest BCUT2D eigenvalue weighted by Gasteiger charge is -2.23. The van der Waals surface area contributed by atoms with Crippen LogP contribution in [0.1, 0.15) is 46.2 Å². The molecule has 1 unspecified atom stereocenters. The number of nitrogens with zero attached hydrogens (tertiary/aromatic N) is 2. The van der Waals surface area contributed by atoms with E-state index < -0.39 is 11.9 Å². The average molecular weight is 307 g/mol. The number of alkyl halides is 3. The van der Waals surface area contributed by atoms with E-state index in [1.165, 1.54) is 6.20 Å². The van der Waals surface area contributed by atoms with Gasteiger partial charge in [-0.1, -0.05) is 27.7 Å².